The first-order valence-corrected chi connectivity index (χ1v) is 26.0. The third kappa shape index (κ3) is 10.9. The van der Waals surface area contributed by atoms with E-state index in [1.54, 1.807) is 12.1 Å². The summed E-state index contributed by atoms with van der Waals surface area (Å²) >= 11 is 0. The van der Waals surface area contributed by atoms with Gasteiger partial charge in [0.25, 0.3) is 20.2 Å². The summed E-state index contributed by atoms with van der Waals surface area (Å²) in [6.45, 7) is 6.94. The van der Waals surface area contributed by atoms with Gasteiger partial charge in [0.1, 0.15) is 38.6 Å². The van der Waals surface area contributed by atoms with Crippen molar-refractivity contribution in [2.45, 2.75) is 98.3 Å². The van der Waals surface area contributed by atoms with Gasteiger partial charge in [-0.25, -0.2) is 9.13 Å². The van der Waals surface area contributed by atoms with Crippen LogP contribution >= 0.6 is 15.2 Å². The van der Waals surface area contributed by atoms with E-state index in [9.17, 15) is 69.7 Å². The topological polar surface area (TPSA) is 308 Å². The average molecular weight is 972 g/mol. The Labute approximate surface area is 371 Å². The molecule has 20 nitrogen and oxygen atoms in total. The van der Waals surface area contributed by atoms with Crippen molar-refractivity contribution in [3.8, 4) is 0 Å². The predicted molar refractivity (Wildman–Crippen MR) is 234 cm³/mol. The standard InChI is InChI=1S/C40H53N5O15P2S2/c1-38(2)31-22-29(63(55,56)57)15-17-33(31)42(5)35(38)12-8-6-9-13-36-39(3,4)32-23-30(64(58,59)60)16-18-34(32)45(36)19-11-7-10-14-37(47)41-24-28(46)25-43-20-21-44(27-43)26-40(48,61(49,50)51)62(52,53)54/h6,8-9,12-13,15-18,20-23,27-28,46,48H,7,10-11,14,19,24-26H2,1-5H3,(H5-2,41,47,49,50,51,52,53,54,55,56,57,58,59,60)/p+2. The van der Waals surface area contributed by atoms with Crippen molar-refractivity contribution >= 4 is 58.4 Å². The number of rotatable bonds is 19. The Morgan fingerprint density at radius 3 is 2.09 bits per heavy atom. The Balaban J connectivity index is 1.19. The molecule has 0 bridgehead atoms. The number of allylic oxidation sites excluding steroid dienone is 6. The smallest absolute Gasteiger partial charge is 0.373 e. The maximum atomic E-state index is 12.7. The van der Waals surface area contributed by atoms with Gasteiger partial charge in [-0.3, -0.25) is 23.0 Å². The molecule has 2 aromatic carbocycles. The maximum Gasteiger partial charge on any atom is 0.373 e. The fraction of sp³-hybridized carbons (Fsp3) is 0.425. The lowest BCUT2D eigenvalue weighted by atomic mass is 9.81. The van der Waals surface area contributed by atoms with Crippen LogP contribution in [0.2, 0.25) is 0 Å². The third-order valence-corrected chi connectivity index (χ3v) is 16.9. The first-order chi connectivity index (χ1) is 29.4. The number of hydrogen-bond acceptors (Lipinski definition) is 10. The number of hydrogen-bond donors (Lipinski definition) is 9. The fourth-order valence-corrected chi connectivity index (χ4v) is 11.1. The van der Waals surface area contributed by atoms with Gasteiger partial charge in [0.15, 0.2) is 5.71 Å². The van der Waals surface area contributed by atoms with Crippen LogP contribution in [0.25, 0.3) is 0 Å². The summed E-state index contributed by atoms with van der Waals surface area (Å²) < 4.78 is 94.9. The van der Waals surface area contributed by atoms with Crippen molar-refractivity contribution in [1.29, 1.82) is 0 Å². The number of benzene rings is 2. The van der Waals surface area contributed by atoms with Crippen LogP contribution in [0, 0.1) is 0 Å². The molecule has 64 heavy (non-hydrogen) atoms. The van der Waals surface area contributed by atoms with Gasteiger partial charge in [-0.1, -0.05) is 38.5 Å². The molecule has 1 amide bonds. The highest BCUT2D eigenvalue weighted by molar-refractivity contribution is 7.86. The van der Waals surface area contributed by atoms with E-state index in [0.717, 1.165) is 32.9 Å². The minimum Gasteiger partial charge on any atom is -0.387 e. The number of aliphatic hydroxyl groups excluding tert-OH is 1. The molecule has 0 aliphatic carbocycles. The van der Waals surface area contributed by atoms with Crippen LogP contribution < -0.4 is 14.8 Å². The van der Waals surface area contributed by atoms with Crippen LogP contribution in [-0.2, 0) is 58.1 Å². The summed E-state index contributed by atoms with van der Waals surface area (Å²) in [5.41, 5.74) is 3.49. The fourth-order valence-electron chi connectivity index (χ4n) is 7.99. The number of carbonyl (C=O) groups is 1. The van der Waals surface area contributed by atoms with Gasteiger partial charge in [0, 0.05) is 54.0 Å². The number of anilines is 1. The Bertz CT molecular complexity index is 2730. The highest BCUT2D eigenvalue weighted by Gasteiger charge is 2.61. The quantitative estimate of drug-likeness (QED) is 0.0274. The molecule has 350 valence electrons. The zero-order chi connectivity index (χ0) is 47.8. The lowest BCUT2D eigenvalue weighted by molar-refractivity contribution is -0.703. The molecular weight excluding hydrogens is 917 g/mol. The molecule has 2 aliphatic heterocycles. The summed E-state index contributed by atoms with van der Waals surface area (Å²) in [5.74, 6) is -0.323. The minimum atomic E-state index is -5.67. The Hall–Kier alpha value is -4.15. The molecule has 5 rings (SSSR count). The van der Waals surface area contributed by atoms with Crippen LogP contribution in [0.15, 0.2) is 101 Å². The number of nitrogens with one attached hydrogen (secondary N) is 1. The van der Waals surface area contributed by atoms with Gasteiger partial charge in [-0.15, -0.1) is 0 Å². The lowest BCUT2D eigenvalue weighted by Gasteiger charge is -2.27. The van der Waals surface area contributed by atoms with Crippen molar-refractivity contribution in [1.82, 2.24) is 9.88 Å². The maximum absolute atomic E-state index is 12.7. The molecule has 3 heterocycles. The first-order valence-electron chi connectivity index (χ1n) is 19.9. The van der Waals surface area contributed by atoms with Crippen molar-refractivity contribution in [3.05, 3.63) is 102 Å². The normalized spacial score (nSPS) is 17.8. The monoisotopic (exact) mass is 971 g/mol. The molecule has 1 atom stereocenters. The van der Waals surface area contributed by atoms with Crippen LogP contribution in [0.5, 0.6) is 0 Å². The van der Waals surface area contributed by atoms with Crippen LogP contribution in [0.4, 0.5) is 11.4 Å². The van der Waals surface area contributed by atoms with Crippen LogP contribution in [-0.4, -0.2) is 108 Å². The first kappa shape index (κ1) is 50.8. The number of imidazole rings is 1. The average Bonchev–Trinajstić information content (AvgIpc) is 3.76. The largest absolute Gasteiger partial charge is 0.387 e. The molecule has 1 unspecified atom stereocenters. The van der Waals surface area contributed by atoms with Gasteiger partial charge >= 0.3 is 20.3 Å². The van der Waals surface area contributed by atoms with Gasteiger partial charge in [0.05, 0.1) is 15.2 Å². The molecule has 24 heteroatoms. The summed E-state index contributed by atoms with van der Waals surface area (Å²) in [5, 5.41) is 19.6. The molecule has 1 aromatic heterocycles. The molecule has 3 aromatic rings. The SMILES string of the molecule is C[N+]1=C(/C=C/C=C/C=C2\N(CCCCCC(=O)NCC(O)Cn3cc[n+](CC(O)(P(=O)(O)O)P(=O)(O)O)c3)c3ccc(S(=O)(=O)O)cc3C2(C)C)C(C)(C)c2cc(S(=O)(=O)O)ccc21. The van der Waals surface area contributed by atoms with E-state index < -0.39 is 64.0 Å². The second-order valence-corrected chi connectivity index (χ2v) is 23.7. The highest BCUT2D eigenvalue weighted by atomic mass is 32.2. The summed E-state index contributed by atoms with van der Waals surface area (Å²) in [4.78, 5) is 51.9. The molecule has 2 aliphatic rings. The number of carbonyl (C=O) groups excluding carboxylic acids is 1. The Morgan fingerprint density at radius 1 is 0.875 bits per heavy atom. The molecule has 0 saturated carbocycles. The zero-order valence-electron chi connectivity index (χ0n) is 35.8. The van der Waals surface area contributed by atoms with E-state index in [4.69, 9.17) is 0 Å². The van der Waals surface area contributed by atoms with Crippen molar-refractivity contribution in [2.75, 3.05) is 25.0 Å². The second kappa shape index (κ2) is 18.6. The lowest BCUT2D eigenvalue weighted by Crippen LogP contribution is -2.46. The second-order valence-electron chi connectivity index (χ2n) is 16.9. The number of aliphatic hydroxyl groups is 2. The van der Waals surface area contributed by atoms with Crippen LogP contribution in [0.1, 0.15) is 64.5 Å². The van der Waals surface area contributed by atoms with Gasteiger partial charge in [-0.05, 0) is 68.7 Å². The Kier molecular flexibility index (Phi) is 14.8. The van der Waals surface area contributed by atoms with E-state index in [0.29, 0.717) is 31.4 Å². The van der Waals surface area contributed by atoms with Crippen molar-refractivity contribution in [2.24, 2.45) is 0 Å². The predicted octanol–water partition coefficient (Wildman–Crippen LogP) is 2.81. The summed E-state index contributed by atoms with van der Waals surface area (Å²) in [7, 11) is -18.3. The summed E-state index contributed by atoms with van der Waals surface area (Å²) in [6.07, 6.45) is 13.9. The molecular formula is C40H55N5O15P2S2+2. The number of amides is 1. The molecule has 0 radical (unpaired) electrons. The van der Waals surface area contributed by atoms with E-state index in [1.807, 2.05) is 69.7 Å². The van der Waals surface area contributed by atoms with Crippen molar-refractivity contribution < 1.29 is 78.8 Å². The molecule has 0 saturated heterocycles. The van der Waals surface area contributed by atoms with E-state index >= 15 is 0 Å². The van der Waals surface area contributed by atoms with Crippen LogP contribution in [0.3, 0.4) is 0 Å². The number of aromatic nitrogens is 2. The highest BCUT2D eigenvalue weighted by Crippen LogP contribution is 2.67. The zero-order valence-corrected chi connectivity index (χ0v) is 39.2. The van der Waals surface area contributed by atoms with Gasteiger partial charge < -0.3 is 40.0 Å². The third-order valence-electron chi connectivity index (χ3n) is 11.5. The number of fused-ring (bicyclic) bond motifs is 2. The van der Waals surface area contributed by atoms with E-state index in [-0.39, 0.29) is 35.2 Å². The summed E-state index contributed by atoms with van der Waals surface area (Å²) in [6, 6.07) is 8.96. The van der Waals surface area contributed by atoms with E-state index in [2.05, 4.69) is 10.2 Å². The van der Waals surface area contributed by atoms with Gasteiger partial charge in [0.2, 0.25) is 17.9 Å². The Morgan fingerprint density at radius 2 is 1.48 bits per heavy atom. The molecule has 0 fully saturated rings. The van der Waals surface area contributed by atoms with Gasteiger partial charge in [-0.2, -0.15) is 21.4 Å². The minimum absolute atomic E-state index is 0.106. The number of unbranched alkanes of at least 4 members (excludes halogenated alkanes) is 2. The molecule has 9 N–H and O–H groups in total. The van der Waals surface area contributed by atoms with Crippen molar-refractivity contribution in [3.63, 3.8) is 0 Å². The van der Waals surface area contributed by atoms with E-state index in [1.165, 1.54) is 47.6 Å². The number of nitrogens with zero attached hydrogens (tertiary/aromatic N) is 4. The molecule has 0 spiro atoms.